The van der Waals surface area contributed by atoms with Crippen molar-refractivity contribution >= 4 is 57.9 Å². The first-order valence-corrected chi connectivity index (χ1v) is 40.5. The van der Waals surface area contributed by atoms with Crippen molar-refractivity contribution in [2.24, 2.45) is 4.53 Å². The van der Waals surface area contributed by atoms with Gasteiger partial charge in [-0.05, 0) is 114 Å². The number of aliphatic hydroxyl groups excluding tert-OH is 1. The summed E-state index contributed by atoms with van der Waals surface area (Å²) in [7, 11) is -9.99. The third kappa shape index (κ3) is 67.7. The van der Waals surface area contributed by atoms with Crippen LogP contribution in [0.4, 0.5) is 0 Å². The fraction of sp³-hybridized carbons (Fsp3) is 0.847. The predicted octanol–water partition coefficient (Wildman–Crippen LogP) is 19.6. The van der Waals surface area contributed by atoms with Crippen LogP contribution in [-0.2, 0) is 87.4 Å². The zero-order valence-electron chi connectivity index (χ0n) is 59.2. The topological polar surface area (TPSA) is 276 Å². The zero-order chi connectivity index (χ0) is 69.8. The molecule has 0 aromatic heterocycles. The van der Waals surface area contributed by atoms with Crippen molar-refractivity contribution in [2.75, 3.05) is 39.6 Å². The highest BCUT2D eigenvalue weighted by Gasteiger charge is 2.30. The molecule has 5 atom stereocenters. The van der Waals surface area contributed by atoms with E-state index in [1.54, 1.807) is 0 Å². The van der Waals surface area contributed by atoms with Gasteiger partial charge in [-0.2, -0.15) is 0 Å². The van der Waals surface area contributed by atoms with Gasteiger partial charge in [0.1, 0.15) is 19.3 Å². The van der Waals surface area contributed by atoms with E-state index in [4.69, 9.17) is 37.0 Å². The summed E-state index contributed by atoms with van der Waals surface area (Å²) in [4.78, 5) is 88.4. The Morgan fingerprint density at radius 1 is 0.337 bits per heavy atom. The molecule has 0 aliphatic carbocycles. The number of rotatable bonds is 72. The molecule has 23 heteroatoms. The molecule has 0 aromatic carbocycles. The lowest BCUT2D eigenvalue weighted by molar-refractivity contribution is -0.161. The quantitative estimate of drug-likeness (QED) is 0.0127. The van der Waals surface area contributed by atoms with Gasteiger partial charge < -0.3 is 38.7 Å². The number of carbonyl (C=O) groups excluding carboxylic acids is 5. The van der Waals surface area contributed by atoms with E-state index in [-0.39, 0.29) is 32.1 Å². The Morgan fingerprint density at radius 2 is 0.568 bits per heavy atom. The Hall–Kier alpha value is -3.23. The minimum Gasteiger partial charge on any atom is -0.462 e. The van der Waals surface area contributed by atoms with Crippen LogP contribution in [0.1, 0.15) is 335 Å². The maximum atomic E-state index is 13.0. The highest BCUT2D eigenvalue weighted by molar-refractivity contribution is 7.47. The Bertz CT molecular complexity index is 2060. The standard InChI is InChI=1S/C72H131NO19P2S/c1-4-7-10-13-16-19-22-25-28-31-34-37-40-44-49-54-68(75)84-61-66(90-70(77)56-51-45-41-38-35-32-29-26-23-20-17-14-11-8-5-2)63-88-93(80,81)86-59-65(74)60-87-94(82,83)89-64-67(62-85-69(76)55-50-47-43-48-53-58-72(79)92-73-95)91-71(78)57-52-46-42-39-36-33-30-27-24-21-18-15-12-9-6-3/h25-30,65-67,74H,4-24,31-64H2,1-3H3,(H,80,81)(H,82,83)/b28-25-,29-26-,30-27-/t65?,66-,67-/m1/s1. The van der Waals surface area contributed by atoms with Crippen molar-refractivity contribution in [3.05, 3.63) is 36.5 Å². The number of nitrogens with zero attached hydrogens (tertiary/aromatic N) is 1. The van der Waals surface area contributed by atoms with Gasteiger partial charge >= 0.3 is 45.5 Å². The van der Waals surface area contributed by atoms with Gasteiger partial charge in [-0.15, -0.1) is 0 Å². The molecular weight excluding hydrogens is 1280 g/mol. The molecule has 3 unspecified atom stereocenters. The third-order valence-corrected chi connectivity index (χ3v) is 18.0. The SMILES string of the molecule is CCCCCCCC/C=C\CCCCCCCC(=O)OC[C@H](COP(=O)(O)OCC(O)COP(=O)(O)OC[C@@H](COC(=O)CCCCCCCC(=O)ON=S)OC(=O)CCCCCCC/C=C\CCCCCCCC)OC(=O)CCCCCCC/C=C\CCCCCCCC. The van der Waals surface area contributed by atoms with Gasteiger partial charge in [-0.3, -0.25) is 37.3 Å². The molecule has 0 saturated carbocycles. The number of ether oxygens (including phenoxy) is 4. The maximum absolute atomic E-state index is 13.0. The highest BCUT2D eigenvalue weighted by Crippen LogP contribution is 2.45. The van der Waals surface area contributed by atoms with Crippen molar-refractivity contribution < 1.29 is 89.9 Å². The average molecular weight is 1410 g/mol. The van der Waals surface area contributed by atoms with Gasteiger partial charge in [0.25, 0.3) is 0 Å². The van der Waals surface area contributed by atoms with Crippen LogP contribution in [0.25, 0.3) is 0 Å². The van der Waals surface area contributed by atoms with Crippen LogP contribution in [-0.4, -0.2) is 103 Å². The summed E-state index contributed by atoms with van der Waals surface area (Å²) >= 11 is 4.27. The van der Waals surface area contributed by atoms with Crippen LogP contribution in [0.2, 0.25) is 0 Å². The van der Waals surface area contributed by atoms with E-state index in [9.17, 15) is 48.0 Å². The molecule has 0 spiro atoms. The lowest BCUT2D eigenvalue weighted by Gasteiger charge is -2.21. The summed E-state index contributed by atoms with van der Waals surface area (Å²) in [6.45, 7) is 2.45. The summed E-state index contributed by atoms with van der Waals surface area (Å²) in [5, 5.41) is 10.6. The van der Waals surface area contributed by atoms with Crippen LogP contribution < -0.4 is 0 Å². The number of unbranched alkanes of at least 4 members (excludes halogenated alkanes) is 37. The minimum atomic E-state index is -5.00. The largest absolute Gasteiger partial charge is 0.472 e. The summed E-state index contributed by atoms with van der Waals surface area (Å²) in [5.41, 5.74) is 0. The van der Waals surface area contributed by atoms with Crippen LogP contribution in [0.5, 0.6) is 0 Å². The maximum Gasteiger partial charge on any atom is 0.472 e. The number of hydrogen-bond donors (Lipinski definition) is 3. The summed E-state index contributed by atoms with van der Waals surface area (Å²) in [6, 6.07) is 0. The molecule has 0 rings (SSSR count). The molecule has 20 nitrogen and oxygen atoms in total. The normalized spacial score (nSPS) is 14.0. The molecule has 0 aliphatic rings. The number of hydrogen-bond acceptors (Lipinski definition) is 19. The summed E-state index contributed by atoms with van der Waals surface area (Å²) in [5.74, 6) is -2.85. The molecule has 0 aliphatic heterocycles. The van der Waals surface area contributed by atoms with Crippen molar-refractivity contribution in [3.8, 4) is 0 Å². The van der Waals surface area contributed by atoms with E-state index in [1.807, 2.05) is 0 Å². The Morgan fingerprint density at radius 3 is 0.842 bits per heavy atom. The smallest absolute Gasteiger partial charge is 0.462 e. The average Bonchev–Trinajstić information content (AvgIpc) is 2.34. The molecule has 0 fully saturated rings. The zero-order valence-corrected chi connectivity index (χ0v) is 61.8. The van der Waals surface area contributed by atoms with E-state index in [2.05, 4.69) is 79.0 Å². The Kier molecular flexibility index (Phi) is 65.6. The number of carbonyl (C=O) groups is 5. The molecule has 3 N–H and O–H groups in total. The second-order valence-corrected chi connectivity index (χ2v) is 28.2. The summed E-state index contributed by atoms with van der Waals surface area (Å²) in [6.07, 6.45) is 55.7. The van der Waals surface area contributed by atoms with Gasteiger partial charge in [0, 0.05) is 32.1 Å². The van der Waals surface area contributed by atoms with Crippen molar-refractivity contribution in [1.82, 2.24) is 0 Å². The number of esters is 4. The first-order valence-electron chi connectivity index (χ1n) is 37.2. The number of aliphatic hydroxyl groups is 1. The van der Waals surface area contributed by atoms with E-state index in [1.165, 1.54) is 116 Å². The van der Waals surface area contributed by atoms with Crippen LogP contribution >= 0.6 is 15.6 Å². The van der Waals surface area contributed by atoms with Gasteiger partial charge in [-0.1, -0.05) is 231 Å². The van der Waals surface area contributed by atoms with Gasteiger partial charge in [0.15, 0.2) is 12.2 Å². The lowest BCUT2D eigenvalue weighted by Crippen LogP contribution is -2.30. The van der Waals surface area contributed by atoms with Crippen molar-refractivity contribution in [1.29, 1.82) is 0 Å². The van der Waals surface area contributed by atoms with E-state index >= 15 is 0 Å². The van der Waals surface area contributed by atoms with Crippen LogP contribution in [0.15, 0.2) is 41.0 Å². The van der Waals surface area contributed by atoms with Gasteiger partial charge in [-0.25, -0.2) is 13.9 Å². The van der Waals surface area contributed by atoms with Gasteiger partial charge in [0.2, 0.25) is 0 Å². The number of allylic oxidation sites excluding steroid dienone is 6. The van der Waals surface area contributed by atoms with E-state index < -0.39 is 103 Å². The van der Waals surface area contributed by atoms with Crippen molar-refractivity contribution in [2.45, 2.75) is 354 Å². The van der Waals surface area contributed by atoms with E-state index in [0.29, 0.717) is 38.5 Å². The fourth-order valence-electron chi connectivity index (χ4n) is 10.3. The minimum absolute atomic E-state index is 0.0425. The van der Waals surface area contributed by atoms with E-state index in [0.717, 1.165) is 128 Å². The molecular formula is C72H131NO19P2S. The Labute approximate surface area is 579 Å². The monoisotopic (exact) mass is 1410 g/mol. The first kappa shape index (κ1) is 91.8. The fourth-order valence-corrected chi connectivity index (χ4v) is 11.9. The predicted molar refractivity (Wildman–Crippen MR) is 378 cm³/mol. The summed E-state index contributed by atoms with van der Waals surface area (Å²) < 4.78 is 71.1. The molecule has 95 heavy (non-hydrogen) atoms. The molecule has 0 heterocycles. The Balaban J connectivity index is 5.32. The molecule has 0 amide bonds. The molecule has 0 radical (unpaired) electrons. The van der Waals surface area contributed by atoms with Gasteiger partial charge in [0.05, 0.1) is 38.9 Å². The van der Waals surface area contributed by atoms with Crippen LogP contribution in [0, 0.1) is 0 Å². The molecule has 554 valence electrons. The second-order valence-electron chi connectivity index (χ2n) is 25.2. The third-order valence-electron chi connectivity index (χ3n) is 16.0. The lowest BCUT2D eigenvalue weighted by atomic mass is 10.1. The van der Waals surface area contributed by atoms with Crippen molar-refractivity contribution in [3.63, 3.8) is 0 Å². The number of phosphoric acid groups is 2. The highest BCUT2D eigenvalue weighted by atomic mass is 32.1. The molecule has 0 bridgehead atoms. The first-order chi connectivity index (χ1) is 46.1. The van der Waals surface area contributed by atoms with Crippen LogP contribution in [0.3, 0.4) is 0 Å². The number of phosphoric ester groups is 2. The molecule has 0 aromatic rings. The second kappa shape index (κ2) is 67.9. The molecule has 0 saturated heterocycles.